The standard InChI is InChI=1S/C26H29FN4O/c1-17(2)25-29-16-22(19-11-13-28-14-12-19)24(31-25)20-9-7-18(8-10-20)15-30-26(32)21-5-3-4-6-23(21)27/h3-6,11-14,16-18,20H,7-10,15H2,1-2H3,(H,30,32). The molecule has 1 saturated carbocycles. The third kappa shape index (κ3) is 5.01. The summed E-state index contributed by atoms with van der Waals surface area (Å²) in [7, 11) is 0. The summed E-state index contributed by atoms with van der Waals surface area (Å²) in [5.41, 5.74) is 3.38. The first-order valence-corrected chi connectivity index (χ1v) is 11.3. The van der Waals surface area contributed by atoms with Gasteiger partial charge in [0.2, 0.25) is 0 Å². The summed E-state index contributed by atoms with van der Waals surface area (Å²) in [6.45, 7) is 4.79. The highest BCUT2D eigenvalue weighted by Gasteiger charge is 2.27. The molecule has 0 unspecified atom stereocenters. The molecule has 0 saturated heterocycles. The molecule has 1 aliphatic rings. The Morgan fingerprint density at radius 1 is 1.09 bits per heavy atom. The number of nitrogens with zero attached hydrogens (tertiary/aromatic N) is 3. The highest BCUT2D eigenvalue weighted by atomic mass is 19.1. The number of amides is 1. The van der Waals surface area contributed by atoms with Crippen LogP contribution in [-0.2, 0) is 0 Å². The van der Waals surface area contributed by atoms with Crippen LogP contribution in [-0.4, -0.2) is 27.4 Å². The smallest absolute Gasteiger partial charge is 0.254 e. The van der Waals surface area contributed by atoms with Crippen molar-refractivity contribution in [2.45, 2.75) is 51.4 Å². The molecule has 4 rings (SSSR count). The number of pyridine rings is 1. The van der Waals surface area contributed by atoms with Crippen molar-refractivity contribution in [1.82, 2.24) is 20.3 Å². The van der Waals surface area contributed by atoms with Crippen LogP contribution in [0.25, 0.3) is 11.1 Å². The Bertz CT molecular complexity index is 1060. The normalized spacial score (nSPS) is 18.5. The number of carbonyl (C=O) groups is 1. The number of rotatable bonds is 6. The Kier molecular flexibility index (Phi) is 6.88. The summed E-state index contributed by atoms with van der Waals surface area (Å²) < 4.78 is 13.8. The third-order valence-corrected chi connectivity index (χ3v) is 6.25. The van der Waals surface area contributed by atoms with Crippen LogP contribution >= 0.6 is 0 Å². The fourth-order valence-corrected chi connectivity index (χ4v) is 4.37. The Hall–Kier alpha value is -3.15. The van der Waals surface area contributed by atoms with Crippen molar-refractivity contribution in [3.63, 3.8) is 0 Å². The van der Waals surface area contributed by atoms with E-state index in [1.807, 2.05) is 18.3 Å². The van der Waals surface area contributed by atoms with E-state index in [0.717, 1.165) is 48.3 Å². The molecule has 1 N–H and O–H groups in total. The van der Waals surface area contributed by atoms with Crippen LogP contribution in [0.2, 0.25) is 0 Å². The minimum atomic E-state index is -0.484. The predicted octanol–water partition coefficient (Wildman–Crippen LogP) is 5.50. The number of aromatic nitrogens is 3. The maximum absolute atomic E-state index is 13.8. The molecule has 32 heavy (non-hydrogen) atoms. The molecule has 0 bridgehead atoms. The predicted molar refractivity (Wildman–Crippen MR) is 123 cm³/mol. The van der Waals surface area contributed by atoms with E-state index in [1.54, 1.807) is 24.5 Å². The lowest BCUT2D eigenvalue weighted by molar-refractivity contribution is 0.0938. The van der Waals surface area contributed by atoms with E-state index in [1.165, 1.54) is 12.1 Å². The molecule has 1 fully saturated rings. The van der Waals surface area contributed by atoms with Gasteiger partial charge in [0.25, 0.3) is 5.91 Å². The quantitative estimate of drug-likeness (QED) is 0.558. The molecular weight excluding hydrogens is 403 g/mol. The maximum Gasteiger partial charge on any atom is 0.254 e. The van der Waals surface area contributed by atoms with Crippen molar-refractivity contribution in [3.8, 4) is 11.1 Å². The largest absolute Gasteiger partial charge is 0.352 e. The zero-order chi connectivity index (χ0) is 22.5. The van der Waals surface area contributed by atoms with E-state index in [2.05, 4.69) is 29.1 Å². The van der Waals surface area contributed by atoms with Gasteiger partial charge in [-0.15, -0.1) is 0 Å². The van der Waals surface area contributed by atoms with Crippen LogP contribution in [0.15, 0.2) is 55.0 Å². The molecule has 0 radical (unpaired) electrons. The first-order valence-electron chi connectivity index (χ1n) is 11.3. The summed E-state index contributed by atoms with van der Waals surface area (Å²) in [6, 6.07) is 10.1. The maximum atomic E-state index is 13.8. The highest BCUT2D eigenvalue weighted by Crippen LogP contribution is 2.39. The molecule has 1 aliphatic carbocycles. The average molecular weight is 433 g/mol. The number of halogens is 1. The summed E-state index contributed by atoms with van der Waals surface area (Å²) in [6.07, 6.45) is 9.56. The zero-order valence-electron chi connectivity index (χ0n) is 18.6. The van der Waals surface area contributed by atoms with Gasteiger partial charge in [-0.2, -0.15) is 0 Å². The summed E-state index contributed by atoms with van der Waals surface area (Å²) >= 11 is 0. The van der Waals surface area contributed by atoms with Gasteiger partial charge in [0.05, 0.1) is 11.3 Å². The van der Waals surface area contributed by atoms with Crippen molar-refractivity contribution >= 4 is 5.91 Å². The van der Waals surface area contributed by atoms with Crippen LogP contribution in [0.3, 0.4) is 0 Å². The molecule has 2 aromatic heterocycles. The first kappa shape index (κ1) is 22.1. The number of hydrogen-bond acceptors (Lipinski definition) is 4. The van der Waals surface area contributed by atoms with Crippen molar-refractivity contribution in [2.24, 2.45) is 5.92 Å². The van der Waals surface area contributed by atoms with Crippen molar-refractivity contribution in [2.75, 3.05) is 6.54 Å². The summed E-state index contributed by atoms with van der Waals surface area (Å²) in [4.78, 5) is 26.0. The summed E-state index contributed by atoms with van der Waals surface area (Å²) in [5, 5.41) is 2.91. The molecule has 166 valence electrons. The SMILES string of the molecule is CC(C)c1ncc(-c2ccncc2)c(C2CCC(CNC(=O)c3ccccc3F)CC2)n1. The van der Waals surface area contributed by atoms with Gasteiger partial charge in [-0.25, -0.2) is 14.4 Å². The van der Waals surface area contributed by atoms with E-state index < -0.39 is 5.82 Å². The van der Waals surface area contributed by atoms with Gasteiger partial charge in [0.15, 0.2) is 0 Å². The Morgan fingerprint density at radius 2 is 1.81 bits per heavy atom. The van der Waals surface area contributed by atoms with Gasteiger partial charge >= 0.3 is 0 Å². The van der Waals surface area contributed by atoms with Crippen LogP contribution in [0, 0.1) is 11.7 Å². The van der Waals surface area contributed by atoms with Gasteiger partial charge in [0.1, 0.15) is 11.6 Å². The Balaban J connectivity index is 1.43. The van der Waals surface area contributed by atoms with Gasteiger partial charge < -0.3 is 5.32 Å². The van der Waals surface area contributed by atoms with Crippen LogP contribution < -0.4 is 5.32 Å². The van der Waals surface area contributed by atoms with Gasteiger partial charge in [-0.05, 0) is 61.4 Å². The molecule has 2 heterocycles. The Labute approximate surface area is 188 Å². The van der Waals surface area contributed by atoms with E-state index in [-0.39, 0.29) is 17.4 Å². The number of carbonyl (C=O) groups excluding carboxylic acids is 1. The number of benzene rings is 1. The first-order chi connectivity index (χ1) is 15.5. The van der Waals surface area contributed by atoms with Crippen LogP contribution in [0.4, 0.5) is 4.39 Å². The lowest BCUT2D eigenvalue weighted by Gasteiger charge is -2.29. The zero-order valence-corrected chi connectivity index (χ0v) is 18.6. The fourth-order valence-electron chi connectivity index (χ4n) is 4.37. The van der Waals surface area contributed by atoms with Gasteiger partial charge in [0, 0.05) is 42.5 Å². The molecule has 5 nitrogen and oxygen atoms in total. The molecule has 1 amide bonds. The van der Waals surface area contributed by atoms with Gasteiger partial charge in [-0.1, -0.05) is 26.0 Å². The molecular formula is C26H29FN4O. The second-order valence-corrected chi connectivity index (χ2v) is 8.83. The molecule has 0 spiro atoms. The van der Waals surface area contributed by atoms with Gasteiger partial charge in [-0.3, -0.25) is 9.78 Å². The highest BCUT2D eigenvalue weighted by molar-refractivity contribution is 5.94. The van der Waals surface area contributed by atoms with Crippen LogP contribution in [0.5, 0.6) is 0 Å². The van der Waals surface area contributed by atoms with E-state index in [0.29, 0.717) is 18.4 Å². The average Bonchev–Trinajstić information content (AvgIpc) is 2.83. The molecule has 0 aliphatic heterocycles. The summed E-state index contributed by atoms with van der Waals surface area (Å²) in [5.74, 6) is 1.06. The number of nitrogens with one attached hydrogen (secondary N) is 1. The van der Waals surface area contributed by atoms with Crippen molar-refractivity contribution in [3.05, 3.63) is 77.9 Å². The molecule has 0 atom stereocenters. The van der Waals surface area contributed by atoms with Crippen LogP contribution in [0.1, 0.15) is 73.2 Å². The third-order valence-electron chi connectivity index (χ3n) is 6.25. The lowest BCUT2D eigenvalue weighted by atomic mass is 9.79. The topological polar surface area (TPSA) is 67.8 Å². The fraction of sp³-hybridized carbons (Fsp3) is 0.385. The Morgan fingerprint density at radius 3 is 2.50 bits per heavy atom. The van der Waals surface area contributed by atoms with E-state index in [9.17, 15) is 9.18 Å². The van der Waals surface area contributed by atoms with E-state index >= 15 is 0 Å². The van der Waals surface area contributed by atoms with Crippen molar-refractivity contribution in [1.29, 1.82) is 0 Å². The minimum Gasteiger partial charge on any atom is -0.352 e. The minimum absolute atomic E-state index is 0.102. The lowest BCUT2D eigenvalue weighted by Crippen LogP contribution is -2.31. The second-order valence-electron chi connectivity index (χ2n) is 8.83. The second kappa shape index (κ2) is 9.98. The monoisotopic (exact) mass is 432 g/mol. The van der Waals surface area contributed by atoms with E-state index in [4.69, 9.17) is 4.98 Å². The molecule has 3 aromatic rings. The van der Waals surface area contributed by atoms with Crippen molar-refractivity contribution < 1.29 is 9.18 Å². The molecule has 1 aromatic carbocycles. The molecule has 6 heteroatoms. The number of hydrogen-bond donors (Lipinski definition) is 1.